The zero-order chi connectivity index (χ0) is 25.2. The fourth-order valence-electron chi connectivity index (χ4n) is 5.73. The maximum atomic E-state index is 12.9. The lowest BCUT2D eigenvalue weighted by Gasteiger charge is -2.30. The smallest absolute Gasteiger partial charge is 0.225 e. The van der Waals surface area contributed by atoms with Crippen LogP contribution in [0.3, 0.4) is 0 Å². The average Bonchev–Trinajstić information content (AvgIpc) is 3.18. The van der Waals surface area contributed by atoms with Gasteiger partial charge in [-0.3, -0.25) is 4.79 Å². The van der Waals surface area contributed by atoms with Gasteiger partial charge in [-0.15, -0.1) is 0 Å². The summed E-state index contributed by atoms with van der Waals surface area (Å²) in [5.74, 6) is 2.67. The number of amides is 1. The third-order valence-corrected chi connectivity index (χ3v) is 7.67. The summed E-state index contributed by atoms with van der Waals surface area (Å²) in [6.45, 7) is 2.02. The number of nitrogens with one attached hydrogen (secondary N) is 3. The molecular weight excluding hydrogens is 452 g/mol. The Morgan fingerprint density at radius 3 is 2.61 bits per heavy atom. The molecule has 0 bridgehead atoms. The van der Waals surface area contributed by atoms with Crippen LogP contribution < -0.4 is 20.3 Å². The Morgan fingerprint density at radius 1 is 1.11 bits per heavy atom. The quantitative estimate of drug-likeness (QED) is 0.457. The van der Waals surface area contributed by atoms with Gasteiger partial charge in [0.2, 0.25) is 11.9 Å². The first kappa shape index (κ1) is 24.4. The van der Waals surface area contributed by atoms with Crippen molar-refractivity contribution in [2.75, 3.05) is 31.4 Å². The van der Waals surface area contributed by atoms with Crippen molar-refractivity contribution in [1.29, 1.82) is 0 Å². The highest BCUT2D eigenvalue weighted by atomic mass is 16.5. The molecule has 1 amide bonds. The number of rotatable bonds is 7. The van der Waals surface area contributed by atoms with E-state index in [9.17, 15) is 4.79 Å². The van der Waals surface area contributed by atoms with Crippen LogP contribution in [0.4, 0.5) is 11.8 Å². The Balaban J connectivity index is 1.17. The summed E-state index contributed by atoms with van der Waals surface area (Å²) < 4.78 is 5.38. The van der Waals surface area contributed by atoms with Gasteiger partial charge in [0.15, 0.2) is 0 Å². The van der Waals surface area contributed by atoms with Crippen LogP contribution in [0.25, 0.3) is 10.9 Å². The van der Waals surface area contributed by atoms with Gasteiger partial charge in [-0.25, -0.2) is 4.98 Å². The van der Waals surface area contributed by atoms with Gasteiger partial charge in [0.25, 0.3) is 0 Å². The Bertz CT molecular complexity index is 1240. The maximum absolute atomic E-state index is 12.9. The van der Waals surface area contributed by atoms with Crippen molar-refractivity contribution in [1.82, 2.24) is 20.3 Å². The molecule has 2 aliphatic carbocycles. The molecule has 2 heterocycles. The normalized spacial score (nSPS) is 19.6. The molecule has 2 aromatic heterocycles. The molecule has 0 aliphatic heterocycles. The van der Waals surface area contributed by atoms with E-state index in [-0.39, 0.29) is 11.9 Å². The van der Waals surface area contributed by atoms with Crippen molar-refractivity contribution < 1.29 is 9.53 Å². The molecule has 0 unspecified atom stereocenters. The number of carbonyl (C=O) groups excluding carboxylic acids is 1. The van der Waals surface area contributed by atoms with Crippen molar-refractivity contribution in [3.8, 4) is 5.75 Å². The van der Waals surface area contributed by atoms with Crippen molar-refractivity contribution in [3.63, 3.8) is 0 Å². The van der Waals surface area contributed by atoms with Crippen LogP contribution in [-0.4, -0.2) is 54.1 Å². The second-order valence-corrected chi connectivity index (χ2v) is 10.5. The van der Waals surface area contributed by atoms with E-state index in [2.05, 4.69) is 34.6 Å². The van der Waals surface area contributed by atoms with E-state index >= 15 is 0 Å². The minimum absolute atomic E-state index is 0.0758. The maximum Gasteiger partial charge on any atom is 0.225 e. The summed E-state index contributed by atoms with van der Waals surface area (Å²) in [4.78, 5) is 28.2. The number of fused-ring (bicyclic) bond motifs is 2. The van der Waals surface area contributed by atoms with Gasteiger partial charge in [-0.05, 0) is 82.1 Å². The Kier molecular flexibility index (Phi) is 7.03. The number of aromatic nitrogens is 3. The molecule has 36 heavy (non-hydrogen) atoms. The number of carbonyl (C=O) groups is 1. The van der Waals surface area contributed by atoms with Crippen LogP contribution >= 0.6 is 0 Å². The van der Waals surface area contributed by atoms with Gasteiger partial charge in [0, 0.05) is 48.3 Å². The molecule has 3 aromatic rings. The van der Waals surface area contributed by atoms with E-state index in [0.29, 0.717) is 12.5 Å². The minimum Gasteiger partial charge on any atom is -0.497 e. The lowest BCUT2D eigenvalue weighted by atomic mass is 9.91. The predicted octanol–water partition coefficient (Wildman–Crippen LogP) is 4.30. The lowest BCUT2D eigenvalue weighted by Crippen LogP contribution is -2.41. The number of anilines is 2. The second kappa shape index (κ2) is 10.4. The fourth-order valence-corrected chi connectivity index (χ4v) is 5.73. The van der Waals surface area contributed by atoms with Gasteiger partial charge in [-0.2, -0.15) is 4.98 Å². The van der Waals surface area contributed by atoms with Gasteiger partial charge in [-0.1, -0.05) is 0 Å². The van der Waals surface area contributed by atoms with Crippen LogP contribution in [-0.2, 0) is 24.1 Å². The van der Waals surface area contributed by atoms with Crippen molar-refractivity contribution in [2.24, 2.45) is 0 Å². The largest absolute Gasteiger partial charge is 0.497 e. The standard InChI is InChI=1S/C28H38N6O2/c1-17-22(23-15-20(36-4)13-14-25(23)29-17)16-26(35)30-18-9-11-19(12-10-18)31-28-32-24-8-6-5-7-21(24)27(33-28)34(2)3/h13-15,18-19,29H,5-12,16H2,1-4H3,(H,30,35)(H,31,32,33)/t18-,19+. The fraction of sp³-hybridized carbons (Fsp3) is 0.536. The van der Waals surface area contributed by atoms with Crippen LogP contribution in [0.15, 0.2) is 18.2 Å². The highest BCUT2D eigenvalue weighted by molar-refractivity contribution is 5.91. The summed E-state index contributed by atoms with van der Waals surface area (Å²) in [6, 6.07) is 6.48. The average molecular weight is 491 g/mol. The Labute approximate surface area is 213 Å². The van der Waals surface area contributed by atoms with Crippen LogP contribution in [0.2, 0.25) is 0 Å². The number of hydrogen-bond donors (Lipinski definition) is 3. The van der Waals surface area contributed by atoms with Gasteiger partial charge in [0.05, 0.1) is 19.2 Å². The molecule has 192 valence electrons. The molecule has 0 spiro atoms. The second-order valence-electron chi connectivity index (χ2n) is 10.5. The highest BCUT2D eigenvalue weighted by Crippen LogP contribution is 2.30. The summed E-state index contributed by atoms with van der Waals surface area (Å²) in [7, 11) is 5.78. The molecule has 1 saturated carbocycles. The number of benzene rings is 1. The van der Waals surface area contributed by atoms with E-state index in [0.717, 1.165) is 78.2 Å². The third kappa shape index (κ3) is 5.13. The lowest BCUT2D eigenvalue weighted by molar-refractivity contribution is -0.121. The van der Waals surface area contributed by atoms with Crippen LogP contribution in [0, 0.1) is 6.92 Å². The summed E-state index contributed by atoms with van der Waals surface area (Å²) in [5, 5.41) is 7.93. The number of hydrogen-bond acceptors (Lipinski definition) is 6. The van der Waals surface area contributed by atoms with Crippen molar-refractivity contribution >= 4 is 28.6 Å². The number of aryl methyl sites for hydroxylation is 2. The monoisotopic (exact) mass is 490 g/mol. The summed E-state index contributed by atoms with van der Waals surface area (Å²) in [5.41, 5.74) is 5.62. The Hall–Kier alpha value is -3.29. The molecule has 0 radical (unpaired) electrons. The molecule has 1 fully saturated rings. The summed E-state index contributed by atoms with van der Waals surface area (Å²) in [6.07, 6.45) is 8.78. The molecule has 0 saturated heterocycles. The van der Waals surface area contributed by atoms with Gasteiger partial charge in [0.1, 0.15) is 11.6 Å². The van der Waals surface area contributed by atoms with Crippen LogP contribution in [0.1, 0.15) is 61.0 Å². The van der Waals surface area contributed by atoms with E-state index < -0.39 is 0 Å². The zero-order valence-electron chi connectivity index (χ0n) is 21.9. The topological polar surface area (TPSA) is 95.2 Å². The number of methoxy groups -OCH3 is 1. The molecule has 1 aromatic carbocycles. The van der Waals surface area contributed by atoms with Gasteiger partial charge >= 0.3 is 0 Å². The van der Waals surface area contributed by atoms with Gasteiger partial charge < -0.3 is 25.3 Å². The third-order valence-electron chi connectivity index (χ3n) is 7.67. The first-order valence-electron chi connectivity index (χ1n) is 13.2. The van der Waals surface area contributed by atoms with E-state index in [1.807, 2.05) is 25.1 Å². The number of aromatic amines is 1. The molecular formula is C28H38N6O2. The number of H-pyrrole nitrogens is 1. The zero-order valence-corrected chi connectivity index (χ0v) is 21.9. The molecule has 0 atom stereocenters. The number of nitrogens with zero attached hydrogens (tertiary/aromatic N) is 3. The van der Waals surface area contributed by atoms with E-state index in [4.69, 9.17) is 14.7 Å². The Morgan fingerprint density at radius 2 is 1.86 bits per heavy atom. The minimum atomic E-state index is 0.0758. The van der Waals surface area contributed by atoms with E-state index in [1.165, 1.54) is 24.1 Å². The molecule has 8 nitrogen and oxygen atoms in total. The number of ether oxygens (including phenoxy) is 1. The molecule has 3 N–H and O–H groups in total. The molecule has 2 aliphatic rings. The summed E-state index contributed by atoms with van der Waals surface area (Å²) >= 11 is 0. The predicted molar refractivity (Wildman–Crippen MR) is 144 cm³/mol. The van der Waals surface area contributed by atoms with E-state index in [1.54, 1.807) is 7.11 Å². The van der Waals surface area contributed by atoms with Crippen molar-refractivity contribution in [3.05, 3.63) is 40.7 Å². The molecule has 5 rings (SSSR count). The van der Waals surface area contributed by atoms with Crippen molar-refractivity contribution in [2.45, 2.75) is 76.8 Å². The highest BCUT2D eigenvalue weighted by Gasteiger charge is 2.25. The first-order chi connectivity index (χ1) is 17.4. The van der Waals surface area contributed by atoms with Crippen LogP contribution in [0.5, 0.6) is 5.75 Å². The first-order valence-corrected chi connectivity index (χ1v) is 13.2. The SMILES string of the molecule is COc1ccc2[nH]c(C)c(CC(=O)N[C@H]3CC[C@@H](Nc4nc5c(c(N(C)C)n4)CCCC5)CC3)c2c1. The molecule has 8 heteroatoms.